The first-order valence-electron chi connectivity index (χ1n) is 7.96. The van der Waals surface area contributed by atoms with Crippen LogP contribution in [-0.2, 0) is 6.54 Å². The third-order valence-corrected chi connectivity index (χ3v) is 5.36. The van der Waals surface area contributed by atoms with Crippen molar-refractivity contribution in [1.82, 2.24) is 5.32 Å². The van der Waals surface area contributed by atoms with Gasteiger partial charge in [-0.15, -0.1) is 11.8 Å². The lowest BCUT2D eigenvalue weighted by molar-refractivity contribution is 0.170. The molecule has 3 rings (SSSR count). The van der Waals surface area contributed by atoms with Crippen molar-refractivity contribution >= 4 is 11.8 Å². The molecule has 1 heterocycles. The van der Waals surface area contributed by atoms with Crippen molar-refractivity contribution in [3.05, 3.63) is 17.7 Å². The Labute approximate surface area is 131 Å². The summed E-state index contributed by atoms with van der Waals surface area (Å²) < 4.78 is 11.4. The van der Waals surface area contributed by atoms with E-state index in [2.05, 4.69) is 30.6 Å². The third kappa shape index (κ3) is 3.67. The average Bonchev–Trinajstić information content (AvgIpc) is 2.53. The zero-order chi connectivity index (χ0) is 14.7. The molecule has 1 saturated carbocycles. The minimum Gasteiger partial charge on any atom is -0.486 e. The van der Waals surface area contributed by atoms with E-state index in [0.29, 0.717) is 19.3 Å². The standard InChI is InChI=1S/C17H25NO2S/c1-12-3-5-14(6-4-12)18-11-13-9-15-16(10-17(13)21-2)20-8-7-19-15/h9-10,12,14,18H,3-8,11H2,1-2H3. The van der Waals surface area contributed by atoms with E-state index in [0.717, 1.165) is 24.0 Å². The first-order valence-corrected chi connectivity index (χ1v) is 9.18. The fraction of sp³-hybridized carbons (Fsp3) is 0.647. The minimum absolute atomic E-state index is 0.651. The van der Waals surface area contributed by atoms with E-state index < -0.39 is 0 Å². The lowest BCUT2D eigenvalue weighted by atomic mass is 9.87. The number of thioether (sulfide) groups is 1. The highest BCUT2D eigenvalue weighted by Crippen LogP contribution is 2.36. The summed E-state index contributed by atoms with van der Waals surface area (Å²) in [6, 6.07) is 4.95. The van der Waals surface area contributed by atoms with E-state index in [-0.39, 0.29) is 0 Å². The predicted octanol–water partition coefficient (Wildman–Crippen LogP) is 3.85. The van der Waals surface area contributed by atoms with Crippen molar-refractivity contribution in [2.45, 2.75) is 50.1 Å². The van der Waals surface area contributed by atoms with Gasteiger partial charge in [0.1, 0.15) is 13.2 Å². The number of ether oxygens (including phenoxy) is 2. The van der Waals surface area contributed by atoms with Gasteiger partial charge in [-0.25, -0.2) is 0 Å². The Hall–Kier alpha value is -0.870. The molecule has 1 fully saturated rings. The molecule has 0 atom stereocenters. The fourth-order valence-electron chi connectivity index (χ4n) is 3.16. The summed E-state index contributed by atoms with van der Waals surface area (Å²) in [7, 11) is 0. The molecule has 0 spiro atoms. The van der Waals surface area contributed by atoms with Crippen LogP contribution in [0.3, 0.4) is 0 Å². The van der Waals surface area contributed by atoms with E-state index in [1.54, 1.807) is 11.8 Å². The maximum absolute atomic E-state index is 5.71. The molecule has 0 amide bonds. The van der Waals surface area contributed by atoms with Gasteiger partial charge in [-0.3, -0.25) is 0 Å². The van der Waals surface area contributed by atoms with Crippen LogP contribution in [0.4, 0.5) is 0 Å². The van der Waals surface area contributed by atoms with Crippen LogP contribution in [0.5, 0.6) is 11.5 Å². The van der Waals surface area contributed by atoms with Crippen molar-refractivity contribution in [1.29, 1.82) is 0 Å². The van der Waals surface area contributed by atoms with Crippen LogP contribution in [0.2, 0.25) is 0 Å². The van der Waals surface area contributed by atoms with Crippen LogP contribution >= 0.6 is 11.8 Å². The van der Waals surface area contributed by atoms with Crippen LogP contribution in [0, 0.1) is 5.92 Å². The summed E-state index contributed by atoms with van der Waals surface area (Å²) in [6.45, 7) is 4.59. The molecule has 1 aromatic rings. The smallest absolute Gasteiger partial charge is 0.162 e. The molecule has 0 saturated heterocycles. The molecule has 0 unspecified atom stereocenters. The zero-order valence-corrected chi connectivity index (χ0v) is 13.8. The Kier molecular flexibility index (Phi) is 4.96. The maximum Gasteiger partial charge on any atom is 0.162 e. The highest BCUT2D eigenvalue weighted by atomic mass is 32.2. The molecule has 1 N–H and O–H groups in total. The number of fused-ring (bicyclic) bond motifs is 1. The molecule has 1 aliphatic carbocycles. The fourth-order valence-corrected chi connectivity index (χ4v) is 3.78. The van der Waals surface area contributed by atoms with Gasteiger partial charge in [0.2, 0.25) is 0 Å². The van der Waals surface area contributed by atoms with Crippen LogP contribution < -0.4 is 14.8 Å². The van der Waals surface area contributed by atoms with E-state index in [9.17, 15) is 0 Å². The van der Waals surface area contributed by atoms with Gasteiger partial charge in [0.25, 0.3) is 0 Å². The molecule has 0 radical (unpaired) electrons. The molecular formula is C17H25NO2S. The van der Waals surface area contributed by atoms with Crippen molar-refractivity contribution < 1.29 is 9.47 Å². The minimum atomic E-state index is 0.651. The van der Waals surface area contributed by atoms with Crippen molar-refractivity contribution in [2.75, 3.05) is 19.5 Å². The molecule has 1 aromatic carbocycles. The van der Waals surface area contributed by atoms with Gasteiger partial charge in [-0.05, 0) is 55.6 Å². The zero-order valence-electron chi connectivity index (χ0n) is 13.0. The monoisotopic (exact) mass is 307 g/mol. The molecular weight excluding hydrogens is 282 g/mol. The number of hydrogen-bond acceptors (Lipinski definition) is 4. The average molecular weight is 307 g/mol. The van der Waals surface area contributed by atoms with Gasteiger partial charge in [0.05, 0.1) is 0 Å². The second kappa shape index (κ2) is 6.93. The Morgan fingerprint density at radius 3 is 2.43 bits per heavy atom. The van der Waals surface area contributed by atoms with E-state index >= 15 is 0 Å². The van der Waals surface area contributed by atoms with Crippen LogP contribution in [0.1, 0.15) is 38.2 Å². The molecule has 3 nitrogen and oxygen atoms in total. The number of rotatable bonds is 4. The molecule has 2 aliphatic rings. The Morgan fingerprint density at radius 1 is 1.10 bits per heavy atom. The van der Waals surface area contributed by atoms with Crippen LogP contribution in [-0.4, -0.2) is 25.5 Å². The van der Waals surface area contributed by atoms with E-state index in [4.69, 9.17) is 9.47 Å². The molecule has 116 valence electrons. The Balaban J connectivity index is 1.66. The van der Waals surface area contributed by atoms with E-state index in [1.807, 2.05) is 0 Å². The lowest BCUT2D eigenvalue weighted by Crippen LogP contribution is -2.32. The molecule has 4 heteroatoms. The Bertz CT molecular complexity index is 484. The summed E-state index contributed by atoms with van der Waals surface area (Å²) in [5.41, 5.74) is 1.32. The topological polar surface area (TPSA) is 30.5 Å². The molecule has 0 bridgehead atoms. The van der Waals surface area contributed by atoms with Gasteiger partial charge in [-0.1, -0.05) is 6.92 Å². The second-order valence-electron chi connectivity index (χ2n) is 6.15. The molecule has 21 heavy (non-hydrogen) atoms. The normalized spacial score (nSPS) is 24.9. The highest BCUT2D eigenvalue weighted by Gasteiger charge is 2.19. The summed E-state index contributed by atoms with van der Waals surface area (Å²) in [6.07, 6.45) is 7.44. The SMILES string of the molecule is CSc1cc2c(cc1CNC1CCC(C)CC1)OCCO2. The third-order valence-electron chi connectivity index (χ3n) is 4.54. The van der Waals surface area contributed by atoms with Crippen molar-refractivity contribution in [2.24, 2.45) is 5.92 Å². The van der Waals surface area contributed by atoms with Gasteiger partial charge < -0.3 is 14.8 Å². The van der Waals surface area contributed by atoms with Gasteiger partial charge in [0.15, 0.2) is 11.5 Å². The second-order valence-corrected chi connectivity index (χ2v) is 6.99. The van der Waals surface area contributed by atoms with Crippen molar-refractivity contribution in [3.8, 4) is 11.5 Å². The number of hydrogen-bond donors (Lipinski definition) is 1. The number of benzene rings is 1. The first kappa shape index (κ1) is 15.0. The van der Waals surface area contributed by atoms with Crippen LogP contribution in [0.15, 0.2) is 17.0 Å². The molecule has 0 aromatic heterocycles. The van der Waals surface area contributed by atoms with Gasteiger partial charge in [-0.2, -0.15) is 0 Å². The summed E-state index contributed by atoms with van der Waals surface area (Å²) >= 11 is 1.78. The summed E-state index contributed by atoms with van der Waals surface area (Å²) in [5, 5.41) is 3.73. The van der Waals surface area contributed by atoms with E-state index in [1.165, 1.54) is 36.1 Å². The predicted molar refractivity (Wildman–Crippen MR) is 87.5 cm³/mol. The first-order chi connectivity index (χ1) is 10.3. The maximum atomic E-state index is 5.71. The van der Waals surface area contributed by atoms with Crippen molar-refractivity contribution in [3.63, 3.8) is 0 Å². The lowest BCUT2D eigenvalue weighted by Gasteiger charge is -2.27. The van der Waals surface area contributed by atoms with Gasteiger partial charge >= 0.3 is 0 Å². The molecule has 1 aliphatic heterocycles. The Morgan fingerprint density at radius 2 is 1.76 bits per heavy atom. The van der Waals surface area contributed by atoms with Crippen LogP contribution in [0.25, 0.3) is 0 Å². The number of nitrogens with one attached hydrogen (secondary N) is 1. The highest BCUT2D eigenvalue weighted by molar-refractivity contribution is 7.98. The summed E-state index contributed by atoms with van der Waals surface area (Å²) in [5.74, 6) is 2.69. The quantitative estimate of drug-likeness (QED) is 0.856. The van der Waals surface area contributed by atoms with Gasteiger partial charge in [0, 0.05) is 17.5 Å². The largest absolute Gasteiger partial charge is 0.486 e. The summed E-state index contributed by atoms with van der Waals surface area (Å²) in [4.78, 5) is 1.29.